The first-order valence-electron chi connectivity index (χ1n) is 8.26. The molecule has 2 aliphatic rings. The van der Waals surface area contributed by atoms with Gasteiger partial charge in [-0.05, 0) is 31.6 Å². The second kappa shape index (κ2) is 7.74. The highest BCUT2D eigenvalue weighted by Crippen LogP contribution is 2.20. The van der Waals surface area contributed by atoms with E-state index < -0.39 is 0 Å². The van der Waals surface area contributed by atoms with E-state index in [0.717, 1.165) is 70.3 Å². The molecule has 0 unspecified atom stereocenters. The van der Waals surface area contributed by atoms with Gasteiger partial charge < -0.3 is 19.7 Å². The van der Waals surface area contributed by atoms with Crippen molar-refractivity contribution >= 4 is 11.6 Å². The van der Waals surface area contributed by atoms with Crippen molar-refractivity contribution in [2.75, 3.05) is 50.2 Å². The summed E-state index contributed by atoms with van der Waals surface area (Å²) in [4.78, 5) is 11.0. The van der Waals surface area contributed by atoms with Gasteiger partial charge in [-0.2, -0.15) is 0 Å². The van der Waals surface area contributed by atoms with Crippen molar-refractivity contribution in [3.05, 3.63) is 12.4 Å². The molecule has 0 radical (unpaired) electrons. The Kier molecular flexibility index (Phi) is 5.45. The summed E-state index contributed by atoms with van der Waals surface area (Å²) in [6, 6.07) is 2.39. The third-order valence-electron chi connectivity index (χ3n) is 4.43. The first-order valence-corrected chi connectivity index (χ1v) is 8.26. The lowest BCUT2D eigenvalue weighted by Gasteiger charge is -2.28. The molecule has 0 amide bonds. The van der Waals surface area contributed by atoms with Crippen LogP contribution in [0.2, 0.25) is 0 Å². The average Bonchev–Trinajstić information content (AvgIpc) is 2.57. The molecule has 3 heterocycles. The second-order valence-electron chi connectivity index (χ2n) is 6.26. The van der Waals surface area contributed by atoms with Crippen LogP contribution in [0.3, 0.4) is 0 Å². The molecule has 122 valence electrons. The molecule has 0 spiro atoms. The van der Waals surface area contributed by atoms with Gasteiger partial charge in [0.2, 0.25) is 0 Å². The summed E-state index contributed by atoms with van der Waals surface area (Å²) < 4.78 is 10.9. The molecule has 2 fully saturated rings. The lowest BCUT2D eigenvalue weighted by Crippen LogP contribution is -2.31. The number of ether oxygens (including phenoxy) is 2. The monoisotopic (exact) mass is 306 g/mol. The summed E-state index contributed by atoms with van der Waals surface area (Å²) in [7, 11) is 2.10. The molecule has 22 heavy (non-hydrogen) atoms. The minimum absolute atomic E-state index is 0.359. The van der Waals surface area contributed by atoms with Crippen molar-refractivity contribution in [1.29, 1.82) is 0 Å². The number of hydrogen-bond acceptors (Lipinski definition) is 6. The van der Waals surface area contributed by atoms with Gasteiger partial charge in [0.15, 0.2) is 0 Å². The Morgan fingerprint density at radius 2 is 2.05 bits per heavy atom. The lowest BCUT2D eigenvalue weighted by molar-refractivity contribution is 0.0685. The maximum atomic E-state index is 5.50. The first kappa shape index (κ1) is 15.5. The van der Waals surface area contributed by atoms with Crippen LogP contribution >= 0.6 is 0 Å². The van der Waals surface area contributed by atoms with Gasteiger partial charge in [-0.15, -0.1) is 0 Å². The molecule has 0 aliphatic carbocycles. The normalized spacial score (nSPS) is 23.2. The fourth-order valence-corrected chi connectivity index (χ4v) is 3.11. The highest BCUT2D eigenvalue weighted by molar-refractivity contribution is 5.48. The number of anilines is 2. The zero-order chi connectivity index (χ0) is 15.2. The summed E-state index contributed by atoms with van der Waals surface area (Å²) in [5.74, 6) is 2.55. The first-order chi connectivity index (χ1) is 10.8. The second-order valence-corrected chi connectivity index (χ2v) is 6.26. The maximum absolute atomic E-state index is 5.50. The van der Waals surface area contributed by atoms with Gasteiger partial charge >= 0.3 is 0 Å². The summed E-state index contributed by atoms with van der Waals surface area (Å²) in [5.41, 5.74) is 0. The zero-order valence-corrected chi connectivity index (χ0v) is 13.3. The predicted molar refractivity (Wildman–Crippen MR) is 86.3 cm³/mol. The quantitative estimate of drug-likeness (QED) is 0.897. The van der Waals surface area contributed by atoms with Gasteiger partial charge in [0.1, 0.15) is 18.0 Å². The van der Waals surface area contributed by atoms with E-state index in [-0.39, 0.29) is 0 Å². The molecule has 1 aromatic heterocycles. The minimum Gasteiger partial charge on any atom is -0.381 e. The van der Waals surface area contributed by atoms with Crippen LogP contribution in [0.1, 0.15) is 25.7 Å². The van der Waals surface area contributed by atoms with Crippen molar-refractivity contribution in [3.8, 4) is 0 Å². The van der Waals surface area contributed by atoms with E-state index in [0.29, 0.717) is 12.0 Å². The number of hydrogen-bond donors (Lipinski definition) is 1. The van der Waals surface area contributed by atoms with E-state index in [1.54, 1.807) is 6.33 Å². The van der Waals surface area contributed by atoms with E-state index in [1.165, 1.54) is 0 Å². The fourth-order valence-electron chi connectivity index (χ4n) is 3.11. The van der Waals surface area contributed by atoms with Gasteiger partial charge in [0.05, 0.1) is 12.6 Å². The molecule has 3 rings (SSSR count). The van der Waals surface area contributed by atoms with Gasteiger partial charge in [-0.1, -0.05) is 0 Å². The fraction of sp³-hybridized carbons (Fsp3) is 0.750. The van der Waals surface area contributed by atoms with E-state index in [2.05, 4.69) is 27.2 Å². The van der Waals surface area contributed by atoms with Crippen molar-refractivity contribution in [1.82, 2.24) is 9.97 Å². The number of nitrogens with one attached hydrogen (secondary N) is 1. The summed E-state index contributed by atoms with van der Waals surface area (Å²) >= 11 is 0. The van der Waals surface area contributed by atoms with Crippen LogP contribution in [-0.4, -0.2) is 56.0 Å². The Bertz CT molecular complexity index is 459. The number of rotatable bonds is 5. The van der Waals surface area contributed by atoms with Crippen molar-refractivity contribution in [3.63, 3.8) is 0 Å². The smallest absolute Gasteiger partial charge is 0.133 e. The molecule has 2 aliphatic heterocycles. The predicted octanol–water partition coefficient (Wildman–Crippen LogP) is 1.93. The Morgan fingerprint density at radius 3 is 2.82 bits per heavy atom. The van der Waals surface area contributed by atoms with E-state index in [1.807, 2.05) is 6.07 Å². The molecule has 6 nitrogen and oxygen atoms in total. The van der Waals surface area contributed by atoms with E-state index in [4.69, 9.17) is 9.47 Å². The standard InChI is InChI=1S/C16H26N4O2/c1-20(10-13-4-7-21-8-5-13)16-9-15(17-12-18-16)19-14-3-2-6-22-11-14/h9,12-14H,2-8,10-11H2,1H3,(H,17,18,19)/t14-/m0/s1. The molecule has 1 aromatic rings. The summed E-state index contributed by atoms with van der Waals surface area (Å²) in [6.45, 7) is 4.43. The van der Waals surface area contributed by atoms with Gasteiger partial charge in [-0.25, -0.2) is 9.97 Å². The summed E-state index contributed by atoms with van der Waals surface area (Å²) in [6.07, 6.45) is 6.16. The lowest BCUT2D eigenvalue weighted by atomic mass is 10.00. The Balaban J connectivity index is 1.57. The Labute approximate surface area is 132 Å². The average molecular weight is 306 g/mol. The van der Waals surface area contributed by atoms with Gasteiger partial charge in [0.25, 0.3) is 0 Å². The molecule has 0 saturated carbocycles. The van der Waals surface area contributed by atoms with E-state index in [9.17, 15) is 0 Å². The molecule has 1 N–H and O–H groups in total. The molecular weight excluding hydrogens is 280 g/mol. The Hall–Kier alpha value is -1.40. The van der Waals surface area contributed by atoms with Crippen molar-refractivity contribution in [2.24, 2.45) is 5.92 Å². The number of aromatic nitrogens is 2. The van der Waals surface area contributed by atoms with Crippen LogP contribution < -0.4 is 10.2 Å². The SMILES string of the molecule is CN(CC1CCOCC1)c1cc(N[C@H]2CCCOC2)ncn1. The summed E-state index contributed by atoms with van der Waals surface area (Å²) in [5, 5.41) is 3.46. The molecule has 0 bridgehead atoms. The van der Waals surface area contributed by atoms with Gasteiger partial charge in [0, 0.05) is 39.5 Å². The Morgan fingerprint density at radius 1 is 1.18 bits per heavy atom. The van der Waals surface area contributed by atoms with Crippen LogP contribution in [-0.2, 0) is 9.47 Å². The molecule has 6 heteroatoms. The third kappa shape index (κ3) is 4.30. The molecule has 0 aromatic carbocycles. The van der Waals surface area contributed by atoms with Crippen molar-refractivity contribution < 1.29 is 9.47 Å². The highest BCUT2D eigenvalue weighted by atomic mass is 16.5. The zero-order valence-electron chi connectivity index (χ0n) is 13.3. The van der Waals surface area contributed by atoms with Crippen LogP contribution in [0.25, 0.3) is 0 Å². The van der Waals surface area contributed by atoms with Gasteiger partial charge in [-0.3, -0.25) is 0 Å². The third-order valence-corrected chi connectivity index (χ3v) is 4.43. The van der Waals surface area contributed by atoms with Crippen LogP contribution in [0, 0.1) is 5.92 Å². The minimum atomic E-state index is 0.359. The van der Waals surface area contributed by atoms with Crippen LogP contribution in [0.5, 0.6) is 0 Å². The molecule has 2 saturated heterocycles. The van der Waals surface area contributed by atoms with Crippen LogP contribution in [0.4, 0.5) is 11.6 Å². The van der Waals surface area contributed by atoms with Crippen molar-refractivity contribution in [2.45, 2.75) is 31.7 Å². The maximum Gasteiger partial charge on any atom is 0.133 e. The molecule has 1 atom stereocenters. The van der Waals surface area contributed by atoms with Crippen LogP contribution in [0.15, 0.2) is 12.4 Å². The largest absolute Gasteiger partial charge is 0.381 e. The molecular formula is C16H26N4O2. The van der Waals surface area contributed by atoms with E-state index >= 15 is 0 Å². The number of nitrogens with zero attached hydrogens (tertiary/aromatic N) is 3. The topological polar surface area (TPSA) is 59.5 Å². The highest BCUT2D eigenvalue weighted by Gasteiger charge is 2.18.